The van der Waals surface area contributed by atoms with Crippen LogP contribution < -0.4 is 11.1 Å². The van der Waals surface area contributed by atoms with Crippen molar-refractivity contribution in [3.8, 4) is 0 Å². The van der Waals surface area contributed by atoms with Crippen molar-refractivity contribution in [2.24, 2.45) is 5.73 Å². The van der Waals surface area contributed by atoms with Crippen LogP contribution in [-0.2, 0) is 0 Å². The maximum atomic E-state index is 11.9. The lowest BCUT2D eigenvalue weighted by molar-refractivity contribution is 0.0753. The summed E-state index contributed by atoms with van der Waals surface area (Å²) < 4.78 is 0. The molecule has 15 heavy (non-hydrogen) atoms. The van der Waals surface area contributed by atoms with Gasteiger partial charge in [0.15, 0.2) is 0 Å². The first-order chi connectivity index (χ1) is 7.10. The Kier molecular flexibility index (Phi) is 4.11. The summed E-state index contributed by atoms with van der Waals surface area (Å²) in [6, 6.07) is 3.80. The Bertz CT molecular complexity index is 337. The van der Waals surface area contributed by atoms with E-state index in [1.54, 1.807) is 11.9 Å². The largest absolute Gasteiger partial charge is 0.380 e. The fourth-order valence-corrected chi connectivity index (χ4v) is 1.96. The molecule has 0 aromatic carbocycles. The molecule has 84 valence electrons. The number of carbonyl (C=O) groups is 1. The predicted octanol–water partition coefficient (Wildman–Crippen LogP) is 1.21. The molecule has 0 aliphatic heterocycles. The molecule has 0 spiro atoms. The van der Waals surface area contributed by atoms with Crippen molar-refractivity contribution in [3.05, 3.63) is 17.0 Å². The van der Waals surface area contributed by atoms with E-state index < -0.39 is 0 Å². The molecule has 1 aromatic heterocycles. The number of thiophene rings is 1. The van der Waals surface area contributed by atoms with Crippen LogP contribution in [0.5, 0.6) is 0 Å². The lowest BCUT2D eigenvalue weighted by Crippen LogP contribution is -2.39. The highest BCUT2D eigenvalue weighted by molar-refractivity contribution is 7.17. The number of carbonyl (C=O) groups excluding carboxylic acids is 1. The molecule has 1 unspecified atom stereocenters. The summed E-state index contributed by atoms with van der Waals surface area (Å²) in [6.07, 6.45) is 0. The van der Waals surface area contributed by atoms with Gasteiger partial charge in [0, 0.05) is 26.7 Å². The molecule has 0 bridgehead atoms. The lowest BCUT2D eigenvalue weighted by atomic mass is 10.3. The van der Waals surface area contributed by atoms with E-state index in [0.717, 1.165) is 9.88 Å². The molecule has 5 heteroatoms. The maximum Gasteiger partial charge on any atom is 0.264 e. The summed E-state index contributed by atoms with van der Waals surface area (Å²) in [5, 5.41) is 4.00. The van der Waals surface area contributed by atoms with E-state index in [9.17, 15) is 4.79 Å². The van der Waals surface area contributed by atoms with Gasteiger partial charge in [0.2, 0.25) is 0 Å². The third-order valence-electron chi connectivity index (χ3n) is 2.39. The topological polar surface area (TPSA) is 58.4 Å². The summed E-state index contributed by atoms with van der Waals surface area (Å²) in [4.78, 5) is 14.3. The molecule has 1 aromatic rings. The Morgan fingerprint density at radius 2 is 2.33 bits per heavy atom. The number of nitrogens with two attached hydrogens (primary N) is 1. The van der Waals surface area contributed by atoms with Crippen LogP contribution in [0.2, 0.25) is 0 Å². The predicted molar refractivity (Wildman–Crippen MR) is 64.5 cm³/mol. The van der Waals surface area contributed by atoms with Gasteiger partial charge in [-0.25, -0.2) is 0 Å². The minimum absolute atomic E-state index is 0.0273. The second kappa shape index (κ2) is 5.14. The van der Waals surface area contributed by atoms with E-state index in [1.165, 1.54) is 11.3 Å². The SMILES string of the molecule is CNc1ccc(C(=O)N(C)C(C)CN)s1. The normalized spacial score (nSPS) is 12.3. The lowest BCUT2D eigenvalue weighted by Gasteiger charge is -2.22. The Morgan fingerprint density at radius 3 is 2.80 bits per heavy atom. The van der Waals surface area contributed by atoms with E-state index in [4.69, 9.17) is 5.73 Å². The zero-order valence-electron chi connectivity index (χ0n) is 9.28. The molecule has 0 aliphatic rings. The minimum atomic E-state index is 0.0273. The number of hydrogen-bond donors (Lipinski definition) is 2. The first-order valence-corrected chi connectivity index (χ1v) is 5.66. The summed E-state index contributed by atoms with van der Waals surface area (Å²) in [5.74, 6) is 0.0273. The molecular formula is C10H17N3OS. The molecule has 0 saturated carbocycles. The van der Waals surface area contributed by atoms with Gasteiger partial charge < -0.3 is 16.0 Å². The standard InChI is InChI=1S/C10H17N3OS/c1-7(6-11)13(3)10(14)8-4-5-9(12-2)15-8/h4-5,7,12H,6,11H2,1-3H3. The first-order valence-electron chi connectivity index (χ1n) is 4.85. The van der Waals surface area contributed by atoms with E-state index in [2.05, 4.69) is 5.32 Å². The van der Waals surface area contributed by atoms with Crippen LogP contribution in [0.15, 0.2) is 12.1 Å². The molecule has 0 radical (unpaired) electrons. The zero-order valence-corrected chi connectivity index (χ0v) is 10.1. The highest BCUT2D eigenvalue weighted by Gasteiger charge is 2.17. The molecule has 1 rings (SSSR count). The number of likely N-dealkylation sites (N-methyl/N-ethyl adjacent to an activating group) is 1. The quantitative estimate of drug-likeness (QED) is 0.813. The molecule has 3 N–H and O–H groups in total. The Hall–Kier alpha value is -1.07. The maximum absolute atomic E-state index is 11.9. The van der Waals surface area contributed by atoms with Crippen molar-refractivity contribution in [1.82, 2.24) is 4.90 Å². The first kappa shape index (κ1) is 12.0. The van der Waals surface area contributed by atoms with E-state index in [-0.39, 0.29) is 11.9 Å². The Morgan fingerprint density at radius 1 is 1.67 bits per heavy atom. The number of rotatable bonds is 4. The third-order valence-corrected chi connectivity index (χ3v) is 3.48. The van der Waals surface area contributed by atoms with E-state index in [1.807, 2.05) is 26.1 Å². The highest BCUT2D eigenvalue weighted by Crippen LogP contribution is 2.22. The number of nitrogens with one attached hydrogen (secondary N) is 1. The second-order valence-electron chi connectivity index (χ2n) is 3.41. The van der Waals surface area contributed by atoms with Crippen LogP contribution in [-0.4, -0.2) is 37.5 Å². The fraction of sp³-hybridized carbons (Fsp3) is 0.500. The van der Waals surface area contributed by atoms with Crippen molar-refractivity contribution in [2.75, 3.05) is 26.0 Å². The van der Waals surface area contributed by atoms with Gasteiger partial charge in [0.05, 0.1) is 9.88 Å². The van der Waals surface area contributed by atoms with Crippen molar-refractivity contribution in [2.45, 2.75) is 13.0 Å². The van der Waals surface area contributed by atoms with Crippen LogP contribution in [0.25, 0.3) is 0 Å². The van der Waals surface area contributed by atoms with Crippen molar-refractivity contribution >= 4 is 22.2 Å². The molecule has 1 amide bonds. The smallest absolute Gasteiger partial charge is 0.264 e. The van der Waals surface area contributed by atoms with Gasteiger partial charge in [-0.15, -0.1) is 11.3 Å². The summed E-state index contributed by atoms with van der Waals surface area (Å²) in [6.45, 7) is 2.41. The number of hydrogen-bond acceptors (Lipinski definition) is 4. The molecule has 0 fully saturated rings. The molecular weight excluding hydrogens is 210 g/mol. The molecule has 4 nitrogen and oxygen atoms in total. The molecule has 0 aliphatic carbocycles. The zero-order chi connectivity index (χ0) is 11.4. The second-order valence-corrected chi connectivity index (χ2v) is 4.50. The average molecular weight is 227 g/mol. The minimum Gasteiger partial charge on any atom is -0.380 e. The number of anilines is 1. The van der Waals surface area contributed by atoms with Gasteiger partial charge in [0.1, 0.15) is 0 Å². The molecule has 0 saturated heterocycles. The number of nitrogens with zero attached hydrogens (tertiary/aromatic N) is 1. The van der Waals surface area contributed by atoms with Gasteiger partial charge in [-0.3, -0.25) is 4.79 Å². The van der Waals surface area contributed by atoms with Crippen LogP contribution in [0, 0.1) is 0 Å². The Labute approximate surface area is 94.1 Å². The van der Waals surface area contributed by atoms with Crippen LogP contribution in [0.3, 0.4) is 0 Å². The third kappa shape index (κ3) is 2.70. The van der Waals surface area contributed by atoms with Crippen molar-refractivity contribution in [1.29, 1.82) is 0 Å². The fourth-order valence-electron chi connectivity index (χ4n) is 1.12. The summed E-state index contributed by atoms with van der Waals surface area (Å²) >= 11 is 1.45. The van der Waals surface area contributed by atoms with Crippen molar-refractivity contribution < 1.29 is 4.79 Å². The Balaban J connectivity index is 2.75. The van der Waals surface area contributed by atoms with Gasteiger partial charge in [-0.2, -0.15) is 0 Å². The summed E-state index contributed by atoms with van der Waals surface area (Å²) in [5.41, 5.74) is 5.52. The monoisotopic (exact) mass is 227 g/mol. The van der Waals surface area contributed by atoms with Crippen LogP contribution in [0.4, 0.5) is 5.00 Å². The molecule has 1 atom stereocenters. The van der Waals surface area contributed by atoms with Gasteiger partial charge in [-0.1, -0.05) is 0 Å². The average Bonchev–Trinajstić information content (AvgIpc) is 2.74. The van der Waals surface area contributed by atoms with Gasteiger partial charge in [-0.05, 0) is 19.1 Å². The van der Waals surface area contributed by atoms with E-state index in [0.29, 0.717) is 6.54 Å². The highest BCUT2D eigenvalue weighted by atomic mass is 32.1. The van der Waals surface area contributed by atoms with E-state index >= 15 is 0 Å². The van der Waals surface area contributed by atoms with Crippen LogP contribution >= 0.6 is 11.3 Å². The molecule has 1 heterocycles. The van der Waals surface area contributed by atoms with Gasteiger partial charge >= 0.3 is 0 Å². The van der Waals surface area contributed by atoms with Gasteiger partial charge in [0.25, 0.3) is 5.91 Å². The summed E-state index contributed by atoms with van der Waals surface area (Å²) in [7, 11) is 3.62. The van der Waals surface area contributed by atoms with Crippen molar-refractivity contribution in [3.63, 3.8) is 0 Å². The number of amides is 1. The van der Waals surface area contributed by atoms with Crippen LogP contribution in [0.1, 0.15) is 16.6 Å².